The first-order chi connectivity index (χ1) is 13.2. The third-order valence-corrected chi connectivity index (χ3v) is 4.97. The fourth-order valence-electron chi connectivity index (χ4n) is 3.55. The molecule has 1 atom stereocenters. The van der Waals surface area contributed by atoms with Crippen LogP contribution >= 0.6 is 0 Å². The van der Waals surface area contributed by atoms with Crippen LogP contribution in [0.3, 0.4) is 0 Å². The van der Waals surface area contributed by atoms with E-state index in [2.05, 4.69) is 4.98 Å². The SMILES string of the molecule is O=C(c1ccc2ncccc2c1)N1CCC[C@@H](COc2ccccc2F)C1. The molecule has 1 aliphatic rings. The first-order valence-electron chi connectivity index (χ1n) is 9.22. The highest BCUT2D eigenvalue weighted by molar-refractivity contribution is 5.98. The van der Waals surface area contributed by atoms with Crippen molar-refractivity contribution < 1.29 is 13.9 Å². The molecule has 0 spiro atoms. The van der Waals surface area contributed by atoms with Gasteiger partial charge in [-0.05, 0) is 49.2 Å². The van der Waals surface area contributed by atoms with Gasteiger partial charge in [0.15, 0.2) is 11.6 Å². The quantitative estimate of drug-likeness (QED) is 0.693. The molecule has 0 radical (unpaired) electrons. The molecule has 0 unspecified atom stereocenters. The maximum Gasteiger partial charge on any atom is 0.253 e. The number of ether oxygens (including phenoxy) is 1. The molecule has 0 aliphatic carbocycles. The van der Waals surface area contributed by atoms with Gasteiger partial charge in [0.05, 0.1) is 12.1 Å². The van der Waals surface area contributed by atoms with E-state index in [0.29, 0.717) is 18.7 Å². The summed E-state index contributed by atoms with van der Waals surface area (Å²) in [6, 6.07) is 15.8. The molecule has 1 saturated heterocycles. The Bertz CT molecular complexity index is 960. The number of amides is 1. The molecule has 1 aromatic heterocycles. The van der Waals surface area contributed by atoms with Gasteiger partial charge in [0.1, 0.15) is 0 Å². The molecule has 4 nitrogen and oxygen atoms in total. The Labute approximate surface area is 157 Å². The molecular weight excluding hydrogens is 343 g/mol. The number of hydrogen-bond acceptors (Lipinski definition) is 3. The number of pyridine rings is 1. The molecule has 2 heterocycles. The largest absolute Gasteiger partial charge is 0.490 e. The van der Waals surface area contributed by atoms with Crippen LogP contribution in [0.4, 0.5) is 4.39 Å². The van der Waals surface area contributed by atoms with Crippen molar-refractivity contribution in [2.75, 3.05) is 19.7 Å². The van der Waals surface area contributed by atoms with Crippen LogP contribution < -0.4 is 4.74 Å². The van der Waals surface area contributed by atoms with E-state index in [0.717, 1.165) is 30.3 Å². The summed E-state index contributed by atoms with van der Waals surface area (Å²) in [5.41, 5.74) is 1.55. The Balaban J connectivity index is 1.42. The van der Waals surface area contributed by atoms with Crippen LogP contribution in [0.5, 0.6) is 5.75 Å². The number of fused-ring (bicyclic) bond motifs is 1. The number of carbonyl (C=O) groups is 1. The molecule has 27 heavy (non-hydrogen) atoms. The lowest BCUT2D eigenvalue weighted by molar-refractivity contribution is 0.0631. The zero-order valence-corrected chi connectivity index (χ0v) is 15.0. The Hall–Kier alpha value is -2.95. The van der Waals surface area contributed by atoms with Gasteiger partial charge < -0.3 is 9.64 Å². The highest BCUT2D eigenvalue weighted by atomic mass is 19.1. The van der Waals surface area contributed by atoms with Crippen LogP contribution in [0.15, 0.2) is 60.8 Å². The highest BCUT2D eigenvalue weighted by Gasteiger charge is 2.25. The van der Waals surface area contributed by atoms with E-state index < -0.39 is 0 Å². The smallest absolute Gasteiger partial charge is 0.253 e. The number of benzene rings is 2. The molecule has 1 aliphatic heterocycles. The van der Waals surface area contributed by atoms with Crippen LogP contribution in [0.1, 0.15) is 23.2 Å². The van der Waals surface area contributed by atoms with Gasteiger partial charge in [0.2, 0.25) is 0 Å². The molecule has 1 fully saturated rings. The first kappa shape index (κ1) is 17.5. The fourth-order valence-corrected chi connectivity index (χ4v) is 3.55. The van der Waals surface area contributed by atoms with Crippen LogP contribution in [0.2, 0.25) is 0 Å². The predicted octanol–water partition coefficient (Wildman–Crippen LogP) is 4.31. The zero-order valence-electron chi connectivity index (χ0n) is 15.0. The van der Waals surface area contributed by atoms with Crippen LogP contribution in [-0.4, -0.2) is 35.5 Å². The third-order valence-electron chi connectivity index (χ3n) is 4.97. The molecule has 4 rings (SSSR count). The zero-order chi connectivity index (χ0) is 18.6. The Morgan fingerprint density at radius 1 is 1.19 bits per heavy atom. The second kappa shape index (κ2) is 7.74. The third kappa shape index (κ3) is 3.92. The van der Waals surface area contributed by atoms with E-state index >= 15 is 0 Å². The highest BCUT2D eigenvalue weighted by Crippen LogP contribution is 2.23. The number of para-hydroxylation sites is 1. The molecule has 0 saturated carbocycles. The summed E-state index contributed by atoms with van der Waals surface area (Å²) in [7, 11) is 0. The van der Waals surface area contributed by atoms with Crippen LogP contribution in [0.25, 0.3) is 10.9 Å². The minimum Gasteiger partial charge on any atom is -0.490 e. The molecule has 1 amide bonds. The van der Waals surface area contributed by atoms with E-state index in [9.17, 15) is 9.18 Å². The molecule has 2 aromatic carbocycles. The van der Waals surface area contributed by atoms with Crippen LogP contribution in [-0.2, 0) is 0 Å². The summed E-state index contributed by atoms with van der Waals surface area (Å²) in [5.74, 6) is 0.134. The van der Waals surface area contributed by atoms with Crippen molar-refractivity contribution in [2.24, 2.45) is 5.92 Å². The average Bonchev–Trinajstić information content (AvgIpc) is 2.72. The topological polar surface area (TPSA) is 42.4 Å². The van der Waals surface area contributed by atoms with Gasteiger partial charge in [-0.25, -0.2) is 4.39 Å². The number of halogens is 1. The number of hydrogen-bond donors (Lipinski definition) is 0. The van der Waals surface area contributed by atoms with Crippen molar-refractivity contribution in [3.05, 3.63) is 72.2 Å². The van der Waals surface area contributed by atoms with E-state index in [1.807, 2.05) is 35.2 Å². The maximum atomic E-state index is 13.7. The number of carbonyl (C=O) groups excluding carboxylic acids is 1. The first-order valence-corrected chi connectivity index (χ1v) is 9.22. The molecule has 0 N–H and O–H groups in total. The van der Waals surface area contributed by atoms with Crippen molar-refractivity contribution in [1.29, 1.82) is 0 Å². The van der Waals surface area contributed by atoms with E-state index in [1.165, 1.54) is 6.07 Å². The Morgan fingerprint density at radius 2 is 2.07 bits per heavy atom. The molecule has 138 valence electrons. The van der Waals surface area contributed by atoms with Gasteiger partial charge in [0, 0.05) is 36.2 Å². The number of likely N-dealkylation sites (tertiary alicyclic amines) is 1. The normalized spacial score (nSPS) is 17.1. The minimum atomic E-state index is -0.356. The Morgan fingerprint density at radius 3 is 2.96 bits per heavy atom. The van der Waals surface area contributed by atoms with Gasteiger partial charge in [0.25, 0.3) is 5.91 Å². The summed E-state index contributed by atoms with van der Waals surface area (Å²) in [6.45, 7) is 1.77. The van der Waals surface area contributed by atoms with Crippen molar-refractivity contribution in [3.8, 4) is 5.75 Å². The summed E-state index contributed by atoms with van der Waals surface area (Å²) < 4.78 is 19.3. The number of aromatic nitrogens is 1. The maximum absolute atomic E-state index is 13.7. The standard InChI is InChI=1S/C22H21FN2O2/c23-19-7-1-2-8-21(19)27-15-16-5-4-12-25(14-16)22(26)18-9-10-20-17(13-18)6-3-11-24-20/h1-3,6-11,13,16H,4-5,12,14-15H2/t16-/m1/s1. The van der Waals surface area contributed by atoms with Crippen molar-refractivity contribution >= 4 is 16.8 Å². The summed E-state index contributed by atoms with van der Waals surface area (Å²) in [4.78, 5) is 19.1. The number of nitrogens with zero attached hydrogens (tertiary/aromatic N) is 2. The summed E-state index contributed by atoms with van der Waals surface area (Å²) in [5, 5.41) is 0.958. The number of rotatable bonds is 4. The van der Waals surface area contributed by atoms with Crippen molar-refractivity contribution in [1.82, 2.24) is 9.88 Å². The molecule has 5 heteroatoms. The molecule has 0 bridgehead atoms. The van der Waals surface area contributed by atoms with Gasteiger partial charge in [-0.3, -0.25) is 9.78 Å². The van der Waals surface area contributed by atoms with E-state index in [1.54, 1.807) is 24.4 Å². The average molecular weight is 364 g/mol. The van der Waals surface area contributed by atoms with Crippen molar-refractivity contribution in [3.63, 3.8) is 0 Å². The lowest BCUT2D eigenvalue weighted by Gasteiger charge is -2.32. The molecule has 3 aromatic rings. The second-order valence-electron chi connectivity index (χ2n) is 6.91. The van der Waals surface area contributed by atoms with Gasteiger partial charge in [-0.2, -0.15) is 0 Å². The van der Waals surface area contributed by atoms with E-state index in [4.69, 9.17) is 4.74 Å². The lowest BCUT2D eigenvalue weighted by Crippen LogP contribution is -2.41. The minimum absolute atomic E-state index is 0.0244. The summed E-state index contributed by atoms with van der Waals surface area (Å²) in [6.07, 6.45) is 3.64. The monoisotopic (exact) mass is 364 g/mol. The summed E-state index contributed by atoms with van der Waals surface area (Å²) >= 11 is 0. The molecular formula is C22H21FN2O2. The van der Waals surface area contributed by atoms with Crippen molar-refractivity contribution in [2.45, 2.75) is 12.8 Å². The van der Waals surface area contributed by atoms with E-state index in [-0.39, 0.29) is 23.4 Å². The second-order valence-corrected chi connectivity index (χ2v) is 6.91. The predicted molar refractivity (Wildman–Crippen MR) is 102 cm³/mol. The Kier molecular flexibility index (Phi) is 5.01. The van der Waals surface area contributed by atoms with Gasteiger partial charge in [-0.1, -0.05) is 18.2 Å². The van der Waals surface area contributed by atoms with Gasteiger partial charge >= 0.3 is 0 Å². The number of piperidine rings is 1. The fraction of sp³-hybridized carbons (Fsp3) is 0.273. The van der Waals surface area contributed by atoms with Gasteiger partial charge in [-0.15, -0.1) is 0 Å². The van der Waals surface area contributed by atoms with Crippen LogP contribution in [0, 0.1) is 11.7 Å². The lowest BCUT2D eigenvalue weighted by atomic mass is 9.98.